The van der Waals surface area contributed by atoms with Crippen molar-refractivity contribution in [1.29, 1.82) is 0 Å². The van der Waals surface area contributed by atoms with E-state index in [2.05, 4.69) is 10.0 Å². The maximum atomic E-state index is 12.3. The van der Waals surface area contributed by atoms with Crippen LogP contribution in [0.2, 0.25) is 0 Å². The van der Waals surface area contributed by atoms with Gasteiger partial charge in [-0.1, -0.05) is 30.3 Å². The fourth-order valence-corrected chi connectivity index (χ4v) is 3.74. The Morgan fingerprint density at radius 3 is 2.31 bits per heavy atom. The second-order valence-electron chi connectivity index (χ2n) is 6.45. The highest BCUT2D eigenvalue weighted by Gasteiger charge is 2.15. The van der Waals surface area contributed by atoms with Crippen molar-refractivity contribution in [1.82, 2.24) is 10.0 Å². The summed E-state index contributed by atoms with van der Waals surface area (Å²) in [7, 11) is -3.71. The van der Waals surface area contributed by atoms with Crippen molar-refractivity contribution in [2.24, 2.45) is 0 Å². The normalized spacial score (nSPS) is 12.2. The van der Waals surface area contributed by atoms with Gasteiger partial charge >= 0.3 is 5.97 Å². The van der Waals surface area contributed by atoms with Gasteiger partial charge in [0.15, 0.2) is 0 Å². The maximum Gasteiger partial charge on any atom is 0.338 e. The Labute approximate surface area is 171 Å². The summed E-state index contributed by atoms with van der Waals surface area (Å²) in [5.74, 6) is -0.639. The van der Waals surface area contributed by atoms with Crippen LogP contribution >= 0.6 is 0 Å². The molecule has 0 heterocycles. The Kier molecular flexibility index (Phi) is 8.35. The summed E-state index contributed by atoms with van der Waals surface area (Å²) in [5.41, 5.74) is 1.29. The molecule has 2 aromatic rings. The zero-order valence-electron chi connectivity index (χ0n) is 16.6. The van der Waals surface area contributed by atoms with Gasteiger partial charge in [-0.15, -0.1) is 0 Å². The van der Waals surface area contributed by atoms with E-state index >= 15 is 0 Å². The Morgan fingerprint density at radius 1 is 1.03 bits per heavy atom. The Hall–Kier alpha value is -2.71. The first-order valence-corrected chi connectivity index (χ1v) is 10.9. The van der Waals surface area contributed by atoms with Crippen molar-refractivity contribution in [2.45, 2.75) is 37.6 Å². The fraction of sp³-hybridized carbons (Fsp3) is 0.333. The number of ether oxygens (including phenoxy) is 1. The zero-order valence-corrected chi connectivity index (χ0v) is 17.4. The number of hydrogen-bond donors (Lipinski definition) is 2. The predicted molar refractivity (Wildman–Crippen MR) is 110 cm³/mol. The van der Waals surface area contributed by atoms with E-state index in [4.69, 9.17) is 4.74 Å². The van der Waals surface area contributed by atoms with Crippen molar-refractivity contribution >= 4 is 21.9 Å². The topological polar surface area (TPSA) is 102 Å². The van der Waals surface area contributed by atoms with Crippen LogP contribution in [0.3, 0.4) is 0 Å². The van der Waals surface area contributed by atoms with Crippen LogP contribution in [0.1, 0.15) is 48.7 Å². The molecule has 0 saturated carbocycles. The lowest BCUT2D eigenvalue weighted by atomic mass is 10.1. The molecule has 0 aromatic heterocycles. The molecular weight excluding hydrogens is 392 g/mol. The molecular formula is C21H26N2O5S. The number of carbonyl (C=O) groups is 2. The molecule has 0 spiro atoms. The van der Waals surface area contributed by atoms with Crippen LogP contribution in [0.5, 0.6) is 0 Å². The Balaban J connectivity index is 1.78. The van der Waals surface area contributed by atoms with Gasteiger partial charge in [0.25, 0.3) is 0 Å². The van der Waals surface area contributed by atoms with Crippen molar-refractivity contribution in [3.05, 3.63) is 65.7 Å². The number of benzene rings is 2. The van der Waals surface area contributed by atoms with Gasteiger partial charge in [-0.05, 0) is 50.1 Å². The van der Waals surface area contributed by atoms with Crippen LogP contribution in [-0.4, -0.2) is 33.4 Å². The van der Waals surface area contributed by atoms with Crippen LogP contribution < -0.4 is 10.0 Å². The summed E-state index contributed by atoms with van der Waals surface area (Å²) >= 11 is 0. The first kappa shape index (κ1) is 22.6. The monoisotopic (exact) mass is 418 g/mol. The van der Waals surface area contributed by atoms with Gasteiger partial charge in [-0.2, -0.15) is 0 Å². The van der Waals surface area contributed by atoms with E-state index < -0.39 is 16.0 Å². The minimum absolute atomic E-state index is 0.0488. The van der Waals surface area contributed by atoms with Crippen LogP contribution in [0.4, 0.5) is 0 Å². The minimum atomic E-state index is -3.71. The molecule has 0 unspecified atom stereocenters. The maximum absolute atomic E-state index is 12.3. The molecule has 1 amide bonds. The standard InChI is InChI=1S/C21H26N2O5S/c1-3-28-21(25)18-11-13-19(14-12-18)29(26,27)22-15-7-10-20(24)23-16(2)17-8-5-4-6-9-17/h4-6,8-9,11-14,16,22H,3,7,10,15H2,1-2H3,(H,23,24)/t16-/m1/s1. The van der Waals surface area contributed by atoms with Gasteiger partial charge in [0.05, 0.1) is 23.1 Å². The average Bonchev–Trinajstić information content (AvgIpc) is 2.72. The molecule has 0 bridgehead atoms. The first-order chi connectivity index (χ1) is 13.8. The highest BCUT2D eigenvalue weighted by atomic mass is 32.2. The van der Waals surface area contributed by atoms with Crippen LogP contribution in [0.25, 0.3) is 0 Å². The molecule has 29 heavy (non-hydrogen) atoms. The van der Waals surface area contributed by atoms with Crippen molar-refractivity contribution in [2.75, 3.05) is 13.2 Å². The molecule has 2 N–H and O–H groups in total. The zero-order chi connectivity index (χ0) is 21.3. The molecule has 1 atom stereocenters. The molecule has 0 fully saturated rings. The highest BCUT2D eigenvalue weighted by molar-refractivity contribution is 7.89. The lowest BCUT2D eigenvalue weighted by Gasteiger charge is -2.14. The van der Waals surface area contributed by atoms with E-state index in [0.29, 0.717) is 6.42 Å². The van der Waals surface area contributed by atoms with E-state index in [9.17, 15) is 18.0 Å². The summed E-state index contributed by atoms with van der Waals surface area (Å²) in [6.07, 6.45) is 0.578. The molecule has 0 radical (unpaired) electrons. The number of esters is 1. The molecule has 0 aliphatic carbocycles. The van der Waals surface area contributed by atoms with E-state index in [1.165, 1.54) is 24.3 Å². The minimum Gasteiger partial charge on any atom is -0.462 e. The van der Waals surface area contributed by atoms with Crippen LogP contribution in [0, 0.1) is 0 Å². The van der Waals surface area contributed by atoms with Crippen LogP contribution in [0.15, 0.2) is 59.5 Å². The smallest absolute Gasteiger partial charge is 0.338 e. The molecule has 0 aliphatic rings. The third-order valence-electron chi connectivity index (χ3n) is 4.23. The molecule has 7 nitrogen and oxygen atoms in total. The molecule has 0 aliphatic heterocycles. The van der Waals surface area contributed by atoms with Gasteiger partial charge in [0.2, 0.25) is 15.9 Å². The highest BCUT2D eigenvalue weighted by Crippen LogP contribution is 2.13. The van der Waals surface area contributed by atoms with Gasteiger partial charge in [-0.25, -0.2) is 17.9 Å². The number of nitrogens with one attached hydrogen (secondary N) is 2. The summed E-state index contributed by atoms with van der Waals surface area (Å²) in [4.78, 5) is 23.7. The average molecular weight is 419 g/mol. The molecule has 0 saturated heterocycles. The quantitative estimate of drug-likeness (QED) is 0.456. The first-order valence-electron chi connectivity index (χ1n) is 9.44. The lowest BCUT2D eigenvalue weighted by Crippen LogP contribution is -2.29. The second-order valence-corrected chi connectivity index (χ2v) is 8.21. The number of hydrogen-bond acceptors (Lipinski definition) is 5. The van der Waals surface area contributed by atoms with Crippen LogP contribution in [-0.2, 0) is 19.6 Å². The fourth-order valence-electron chi connectivity index (χ4n) is 2.66. The van der Waals surface area contributed by atoms with E-state index in [0.717, 1.165) is 5.56 Å². The van der Waals surface area contributed by atoms with E-state index in [-0.39, 0.29) is 42.0 Å². The Bertz CT molecular complexity index is 912. The molecule has 2 rings (SSSR count). The summed E-state index contributed by atoms with van der Waals surface area (Å²) in [5, 5.41) is 2.89. The largest absolute Gasteiger partial charge is 0.462 e. The van der Waals surface area contributed by atoms with Crippen molar-refractivity contribution in [3.63, 3.8) is 0 Å². The number of rotatable bonds is 10. The predicted octanol–water partition coefficient (Wildman–Crippen LogP) is 2.80. The lowest BCUT2D eigenvalue weighted by molar-refractivity contribution is -0.121. The number of carbonyl (C=O) groups excluding carboxylic acids is 2. The summed E-state index contributed by atoms with van der Waals surface area (Å²) < 4.78 is 32.0. The van der Waals surface area contributed by atoms with Gasteiger partial charge in [-0.3, -0.25) is 4.79 Å². The molecule has 2 aromatic carbocycles. The summed E-state index contributed by atoms with van der Waals surface area (Å²) in [6.45, 7) is 3.98. The summed E-state index contributed by atoms with van der Waals surface area (Å²) in [6, 6.07) is 15.0. The third kappa shape index (κ3) is 6.99. The van der Waals surface area contributed by atoms with Crippen molar-refractivity contribution in [3.8, 4) is 0 Å². The van der Waals surface area contributed by atoms with Gasteiger partial charge < -0.3 is 10.1 Å². The number of amides is 1. The Morgan fingerprint density at radius 2 is 1.69 bits per heavy atom. The molecule has 156 valence electrons. The number of sulfonamides is 1. The van der Waals surface area contributed by atoms with E-state index in [1.54, 1.807) is 6.92 Å². The third-order valence-corrected chi connectivity index (χ3v) is 5.70. The SMILES string of the molecule is CCOC(=O)c1ccc(S(=O)(=O)NCCCC(=O)N[C@H](C)c2ccccc2)cc1. The van der Waals surface area contributed by atoms with Gasteiger partial charge in [0.1, 0.15) is 0 Å². The second kappa shape index (κ2) is 10.7. The molecule has 8 heteroatoms. The van der Waals surface area contributed by atoms with E-state index in [1.807, 2.05) is 37.3 Å². The van der Waals surface area contributed by atoms with Crippen molar-refractivity contribution < 1.29 is 22.7 Å². The van der Waals surface area contributed by atoms with Gasteiger partial charge in [0, 0.05) is 13.0 Å².